The molecule has 0 fully saturated rings. The van der Waals surface area contributed by atoms with E-state index >= 15 is 0 Å². The number of carbonyl (C=O) groups is 2. The van der Waals surface area contributed by atoms with E-state index in [1.54, 1.807) is 24.5 Å². The average Bonchev–Trinajstić information content (AvgIpc) is 3.29. The summed E-state index contributed by atoms with van der Waals surface area (Å²) in [7, 11) is 0. The number of anilines is 1. The fourth-order valence-corrected chi connectivity index (χ4v) is 3.06. The van der Waals surface area contributed by atoms with E-state index in [-0.39, 0.29) is 5.91 Å². The lowest BCUT2D eigenvalue weighted by molar-refractivity contribution is -0.119. The normalized spacial score (nSPS) is 14.7. The molecule has 120 valence electrons. The van der Waals surface area contributed by atoms with Crippen molar-refractivity contribution < 1.29 is 9.59 Å². The predicted molar refractivity (Wildman–Crippen MR) is 92.7 cm³/mol. The van der Waals surface area contributed by atoms with Crippen molar-refractivity contribution in [1.29, 1.82) is 0 Å². The van der Waals surface area contributed by atoms with E-state index in [0.29, 0.717) is 28.4 Å². The maximum absolute atomic E-state index is 12.8. The van der Waals surface area contributed by atoms with E-state index in [0.717, 1.165) is 15.7 Å². The summed E-state index contributed by atoms with van der Waals surface area (Å²) in [5.74, 6) is -0.370. The van der Waals surface area contributed by atoms with Gasteiger partial charge in [0.2, 0.25) is 0 Å². The number of hydrogen-bond donors (Lipinski definition) is 2. The van der Waals surface area contributed by atoms with Gasteiger partial charge in [-0.25, -0.2) is 14.9 Å². The highest BCUT2D eigenvalue weighted by Gasteiger charge is 2.34. The summed E-state index contributed by atoms with van der Waals surface area (Å²) in [6, 6.07) is 10.9. The number of carbonyl (C=O) groups excluding carboxylic acids is 2. The molecule has 4 aromatic heterocycles. The smallest absolute Gasteiger partial charge is 0.268 e. The van der Waals surface area contributed by atoms with Gasteiger partial charge in [-0.1, -0.05) is 0 Å². The molecule has 7 heteroatoms. The summed E-state index contributed by atoms with van der Waals surface area (Å²) in [5, 5.41) is 1.72. The third kappa shape index (κ3) is 1.99. The molecule has 5 rings (SSSR count). The maximum Gasteiger partial charge on any atom is 0.268 e. The van der Waals surface area contributed by atoms with E-state index in [1.165, 1.54) is 6.08 Å². The highest BCUT2D eigenvalue weighted by Crippen LogP contribution is 2.30. The predicted octanol–water partition coefficient (Wildman–Crippen LogP) is 2.40. The van der Waals surface area contributed by atoms with Crippen molar-refractivity contribution in [3.8, 4) is 0 Å². The first-order chi connectivity index (χ1) is 12.2. The highest BCUT2D eigenvalue weighted by molar-refractivity contribution is 6.43. The number of aromatic nitrogens is 4. The Bertz CT molecular complexity index is 1130. The highest BCUT2D eigenvalue weighted by atomic mass is 16.2. The van der Waals surface area contributed by atoms with Crippen LogP contribution in [0.5, 0.6) is 0 Å². The first kappa shape index (κ1) is 13.7. The van der Waals surface area contributed by atoms with Gasteiger partial charge in [-0.15, -0.1) is 0 Å². The molecule has 4 aromatic rings. The molecule has 1 aliphatic heterocycles. The topological polar surface area (TPSA) is 94.7 Å². The molecule has 25 heavy (non-hydrogen) atoms. The molecule has 7 nitrogen and oxygen atoms in total. The van der Waals surface area contributed by atoms with Crippen LogP contribution in [-0.4, -0.2) is 31.8 Å². The number of imide groups is 1. The monoisotopic (exact) mass is 329 g/mol. The Kier molecular flexibility index (Phi) is 2.67. The van der Waals surface area contributed by atoms with Crippen LogP contribution in [-0.2, 0) is 9.59 Å². The summed E-state index contributed by atoms with van der Waals surface area (Å²) in [4.78, 5) is 40.9. The molecule has 2 amide bonds. The molecule has 5 heterocycles. The van der Waals surface area contributed by atoms with E-state index in [4.69, 9.17) is 0 Å². The SMILES string of the molecule is O=C1C=C(c2cc3cccnc3[nH]2)C(=O)N1c1cc2cccnc2[nH]1. The molecule has 0 saturated carbocycles. The van der Waals surface area contributed by atoms with Crippen LogP contribution in [0, 0.1) is 0 Å². The Hall–Kier alpha value is -3.74. The number of nitrogens with one attached hydrogen (secondary N) is 2. The van der Waals surface area contributed by atoms with Gasteiger partial charge in [-0.3, -0.25) is 9.59 Å². The Labute approximate surface area is 141 Å². The summed E-state index contributed by atoms with van der Waals surface area (Å²) in [5.41, 5.74) is 2.19. The Morgan fingerprint density at radius 2 is 1.56 bits per heavy atom. The number of aromatic amines is 2. The minimum absolute atomic E-state index is 0.314. The zero-order valence-corrected chi connectivity index (χ0v) is 12.9. The molecular formula is C18H11N5O2. The average molecular weight is 329 g/mol. The van der Waals surface area contributed by atoms with Crippen LogP contribution >= 0.6 is 0 Å². The fraction of sp³-hybridized carbons (Fsp3) is 0. The maximum atomic E-state index is 12.8. The van der Waals surface area contributed by atoms with Gasteiger partial charge in [0.15, 0.2) is 0 Å². The van der Waals surface area contributed by atoms with E-state index < -0.39 is 5.91 Å². The second kappa shape index (κ2) is 4.88. The Morgan fingerprint density at radius 1 is 0.880 bits per heavy atom. The minimum Gasteiger partial charge on any atom is -0.339 e. The third-order valence-corrected chi connectivity index (χ3v) is 4.22. The van der Waals surface area contributed by atoms with Gasteiger partial charge in [-0.2, -0.15) is 0 Å². The van der Waals surface area contributed by atoms with Crippen molar-refractivity contribution >= 4 is 45.3 Å². The lowest BCUT2D eigenvalue weighted by Gasteiger charge is -2.11. The lowest BCUT2D eigenvalue weighted by Crippen LogP contribution is -2.30. The number of fused-ring (bicyclic) bond motifs is 2. The molecule has 1 aliphatic rings. The van der Waals surface area contributed by atoms with E-state index in [2.05, 4.69) is 19.9 Å². The van der Waals surface area contributed by atoms with Crippen molar-refractivity contribution in [3.63, 3.8) is 0 Å². The molecular weight excluding hydrogens is 318 g/mol. The van der Waals surface area contributed by atoms with Gasteiger partial charge in [0.25, 0.3) is 11.8 Å². The number of hydrogen-bond acceptors (Lipinski definition) is 4. The Balaban J connectivity index is 1.57. The summed E-state index contributed by atoms with van der Waals surface area (Å²) < 4.78 is 0. The zero-order chi connectivity index (χ0) is 17.0. The van der Waals surface area contributed by atoms with Crippen LogP contribution in [0.25, 0.3) is 27.6 Å². The molecule has 0 bridgehead atoms. The van der Waals surface area contributed by atoms with Gasteiger partial charge in [-0.05, 0) is 36.4 Å². The quantitative estimate of drug-likeness (QED) is 0.552. The lowest BCUT2D eigenvalue weighted by atomic mass is 10.2. The molecule has 0 saturated heterocycles. The van der Waals surface area contributed by atoms with Crippen molar-refractivity contribution in [2.24, 2.45) is 0 Å². The van der Waals surface area contributed by atoms with E-state index in [9.17, 15) is 9.59 Å². The molecule has 0 atom stereocenters. The van der Waals surface area contributed by atoms with Gasteiger partial charge >= 0.3 is 0 Å². The second-order valence-corrected chi connectivity index (χ2v) is 5.76. The standard InChI is InChI=1S/C18H11N5O2/c24-15-9-12(13-7-10-3-1-5-19-16(10)21-13)18(25)23(15)14-8-11-4-2-6-20-17(11)22-14/h1-9H,(H,19,21)(H,20,22). The number of rotatable bonds is 2. The Morgan fingerprint density at radius 3 is 2.24 bits per heavy atom. The van der Waals surface area contributed by atoms with Crippen LogP contribution < -0.4 is 4.90 Å². The molecule has 0 aliphatic carbocycles. The first-order valence-corrected chi connectivity index (χ1v) is 7.69. The van der Waals surface area contributed by atoms with Crippen molar-refractivity contribution in [2.75, 3.05) is 4.90 Å². The molecule has 2 N–H and O–H groups in total. The van der Waals surface area contributed by atoms with Crippen LogP contribution in [0.4, 0.5) is 5.82 Å². The largest absolute Gasteiger partial charge is 0.339 e. The van der Waals surface area contributed by atoms with Crippen LogP contribution in [0.3, 0.4) is 0 Å². The van der Waals surface area contributed by atoms with Crippen LogP contribution in [0.1, 0.15) is 5.69 Å². The van der Waals surface area contributed by atoms with Crippen LogP contribution in [0.2, 0.25) is 0 Å². The molecule has 0 unspecified atom stereocenters. The van der Waals surface area contributed by atoms with Crippen molar-refractivity contribution in [1.82, 2.24) is 19.9 Å². The number of nitrogens with zero attached hydrogens (tertiary/aromatic N) is 3. The second-order valence-electron chi connectivity index (χ2n) is 5.76. The van der Waals surface area contributed by atoms with Gasteiger partial charge in [0.05, 0.1) is 11.3 Å². The molecule has 0 spiro atoms. The van der Waals surface area contributed by atoms with E-state index in [1.807, 2.05) is 24.3 Å². The van der Waals surface area contributed by atoms with Crippen LogP contribution in [0.15, 0.2) is 54.9 Å². The minimum atomic E-state index is -0.391. The number of H-pyrrole nitrogens is 2. The number of pyridine rings is 2. The van der Waals surface area contributed by atoms with Gasteiger partial charge in [0.1, 0.15) is 17.1 Å². The molecule has 0 radical (unpaired) electrons. The molecule has 0 aromatic carbocycles. The van der Waals surface area contributed by atoms with Crippen molar-refractivity contribution in [2.45, 2.75) is 0 Å². The summed E-state index contributed by atoms with van der Waals surface area (Å²) >= 11 is 0. The zero-order valence-electron chi connectivity index (χ0n) is 12.9. The third-order valence-electron chi connectivity index (χ3n) is 4.22. The first-order valence-electron chi connectivity index (χ1n) is 7.69. The number of amides is 2. The van der Waals surface area contributed by atoms with Gasteiger partial charge in [0, 0.05) is 29.2 Å². The summed E-state index contributed by atoms with van der Waals surface area (Å²) in [6.07, 6.45) is 4.66. The van der Waals surface area contributed by atoms with Gasteiger partial charge < -0.3 is 9.97 Å². The fourth-order valence-electron chi connectivity index (χ4n) is 3.06. The summed E-state index contributed by atoms with van der Waals surface area (Å²) in [6.45, 7) is 0. The van der Waals surface area contributed by atoms with Crippen molar-refractivity contribution in [3.05, 3.63) is 60.6 Å².